The summed E-state index contributed by atoms with van der Waals surface area (Å²) in [7, 11) is 0. The Morgan fingerprint density at radius 3 is 2.28 bits per heavy atom. The van der Waals surface area contributed by atoms with E-state index in [2.05, 4.69) is 9.97 Å². The minimum absolute atomic E-state index is 0.625. The Hall–Kier alpha value is -1.26. The zero-order chi connectivity index (χ0) is 13.3. The highest BCUT2D eigenvalue weighted by molar-refractivity contribution is 7.99. The molecule has 3 nitrogen and oxygen atoms in total. The standard InChI is InChI=1S/C13H14ClN3S/c1-7-8(2)16-13(17-9(7)3)18-12-10(14)5-4-6-11(12)15/h4-6H,15H2,1-3H3. The first-order valence-electron chi connectivity index (χ1n) is 5.52. The smallest absolute Gasteiger partial charge is 0.193 e. The van der Waals surface area contributed by atoms with E-state index in [4.69, 9.17) is 17.3 Å². The van der Waals surface area contributed by atoms with Gasteiger partial charge in [0.25, 0.3) is 0 Å². The van der Waals surface area contributed by atoms with E-state index in [-0.39, 0.29) is 0 Å². The van der Waals surface area contributed by atoms with Crippen molar-refractivity contribution in [1.82, 2.24) is 9.97 Å². The molecule has 0 aliphatic rings. The van der Waals surface area contributed by atoms with Gasteiger partial charge in [-0.15, -0.1) is 0 Å². The van der Waals surface area contributed by atoms with Crippen molar-refractivity contribution < 1.29 is 0 Å². The van der Waals surface area contributed by atoms with E-state index in [1.54, 1.807) is 0 Å². The van der Waals surface area contributed by atoms with Crippen LogP contribution in [0, 0.1) is 20.8 Å². The van der Waals surface area contributed by atoms with Crippen molar-refractivity contribution in [2.45, 2.75) is 30.8 Å². The van der Waals surface area contributed by atoms with Crippen molar-refractivity contribution in [1.29, 1.82) is 0 Å². The number of halogens is 1. The van der Waals surface area contributed by atoms with Crippen molar-refractivity contribution in [2.24, 2.45) is 0 Å². The van der Waals surface area contributed by atoms with Gasteiger partial charge in [-0.25, -0.2) is 9.97 Å². The molecule has 0 aliphatic heterocycles. The molecule has 2 N–H and O–H groups in total. The molecular weight excluding hydrogens is 266 g/mol. The summed E-state index contributed by atoms with van der Waals surface area (Å²) >= 11 is 7.53. The molecule has 0 saturated carbocycles. The second-order valence-corrected chi connectivity index (χ2v) is 5.45. The number of nitrogens with two attached hydrogens (primary N) is 1. The van der Waals surface area contributed by atoms with Crippen LogP contribution < -0.4 is 5.73 Å². The largest absolute Gasteiger partial charge is 0.398 e. The summed E-state index contributed by atoms with van der Waals surface area (Å²) in [5.41, 5.74) is 9.64. The number of hydrogen-bond acceptors (Lipinski definition) is 4. The highest BCUT2D eigenvalue weighted by atomic mass is 35.5. The van der Waals surface area contributed by atoms with E-state index in [1.165, 1.54) is 11.8 Å². The van der Waals surface area contributed by atoms with Crippen LogP contribution in [0.15, 0.2) is 28.3 Å². The van der Waals surface area contributed by atoms with Crippen LogP contribution in [0.2, 0.25) is 5.02 Å². The van der Waals surface area contributed by atoms with Gasteiger partial charge in [0.15, 0.2) is 5.16 Å². The zero-order valence-electron chi connectivity index (χ0n) is 10.5. The summed E-state index contributed by atoms with van der Waals surface area (Å²) < 4.78 is 0. The number of aromatic nitrogens is 2. The number of nitrogens with zero attached hydrogens (tertiary/aromatic N) is 2. The lowest BCUT2D eigenvalue weighted by atomic mass is 10.2. The molecule has 1 aromatic heterocycles. The molecule has 2 rings (SSSR count). The maximum atomic E-state index is 6.13. The quantitative estimate of drug-likeness (QED) is 0.671. The average molecular weight is 280 g/mol. The lowest BCUT2D eigenvalue weighted by Crippen LogP contribution is -1.98. The first kappa shape index (κ1) is 13.2. The monoisotopic (exact) mass is 279 g/mol. The predicted molar refractivity (Wildman–Crippen MR) is 76.2 cm³/mol. The minimum atomic E-state index is 0.625. The molecular formula is C13H14ClN3S. The Labute approximate surface area is 116 Å². The molecule has 0 unspecified atom stereocenters. The normalized spacial score (nSPS) is 10.7. The number of anilines is 1. The Balaban J connectivity index is 2.41. The highest BCUT2D eigenvalue weighted by Gasteiger charge is 2.11. The van der Waals surface area contributed by atoms with Crippen molar-refractivity contribution in [3.8, 4) is 0 Å². The third kappa shape index (κ3) is 2.60. The van der Waals surface area contributed by atoms with Gasteiger partial charge in [-0.05, 0) is 50.2 Å². The number of benzene rings is 1. The summed E-state index contributed by atoms with van der Waals surface area (Å²) in [5.74, 6) is 0. The maximum absolute atomic E-state index is 6.13. The van der Waals surface area contributed by atoms with Gasteiger partial charge in [0.1, 0.15) is 0 Å². The van der Waals surface area contributed by atoms with Crippen LogP contribution in [-0.4, -0.2) is 9.97 Å². The fourth-order valence-electron chi connectivity index (χ4n) is 1.51. The summed E-state index contributed by atoms with van der Waals surface area (Å²) in [6.07, 6.45) is 0. The molecule has 0 radical (unpaired) electrons. The fourth-order valence-corrected chi connectivity index (χ4v) is 2.71. The number of hydrogen-bond donors (Lipinski definition) is 1. The van der Waals surface area contributed by atoms with Crippen molar-refractivity contribution in [3.63, 3.8) is 0 Å². The maximum Gasteiger partial charge on any atom is 0.193 e. The van der Waals surface area contributed by atoms with E-state index in [1.807, 2.05) is 39.0 Å². The van der Waals surface area contributed by atoms with Crippen LogP contribution in [0.4, 0.5) is 5.69 Å². The first-order chi connectivity index (χ1) is 8.49. The summed E-state index contributed by atoms with van der Waals surface area (Å²) in [4.78, 5) is 9.70. The van der Waals surface area contributed by atoms with Gasteiger partial charge < -0.3 is 5.73 Å². The molecule has 2 aromatic rings. The summed E-state index contributed by atoms with van der Waals surface area (Å²) in [6.45, 7) is 5.97. The van der Waals surface area contributed by atoms with Gasteiger partial charge >= 0.3 is 0 Å². The SMILES string of the molecule is Cc1nc(Sc2c(N)cccc2Cl)nc(C)c1C. The van der Waals surface area contributed by atoms with Crippen LogP contribution >= 0.6 is 23.4 Å². The Morgan fingerprint density at radius 2 is 1.72 bits per heavy atom. The first-order valence-corrected chi connectivity index (χ1v) is 6.72. The topological polar surface area (TPSA) is 51.8 Å². The van der Waals surface area contributed by atoms with Gasteiger partial charge in [0.2, 0.25) is 0 Å². The van der Waals surface area contributed by atoms with Crippen LogP contribution in [0.25, 0.3) is 0 Å². The average Bonchev–Trinajstić information content (AvgIpc) is 2.31. The van der Waals surface area contributed by atoms with Crippen LogP contribution in [-0.2, 0) is 0 Å². The second kappa shape index (κ2) is 5.16. The lowest BCUT2D eigenvalue weighted by Gasteiger charge is -2.09. The molecule has 94 valence electrons. The molecule has 0 amide bonds. The summed E-state index contributed by atoms with van der Waals surface area (Å²) in [6, 6.07) is 5.46. The molecule has 1 heterocycles. The van der Waals surface area contributed by atoms with Gasteiger partial charge in [-0.3, -0.25) is 0 Å². The molecule has 0 aliphatic carbocycles. The third-order valence-electron chi connectivity index (χ3n) is 2.80. The van der Waals surface area contributed by atoms with Crippen LogP contribution in [0.5, 0.6) is 0 Å². The second-order valence-electron chi connectivity index (χ2n) is 4.06. The molecule has 0 bridgehead atoms. The van der Waals surface area contributed by atoms with E-state index in [0.29, 0.717) is 15.9 Å². The Morgan fingerprint density at radius 1 is 1.11 bits per heavy atom. The molecule has 0 spiro atoms. The van der Waals surface area contributed by atoms with Gasteiger partial charge in [0.05, 0.1) is 9.92 Å². The van der Waals surface area contributed by atoms with E-state index < -0.39 is 0 Å². The number of aryl methyl sites for hydroxylation is 2. The van der Waals surface area contributed by atoms with E-state index in [9.17, 15) is 0 Å². The van der Waals surface area contributed by atoms with Crippen LogP contribution in [0.3, 0.4) is 0 Å². The zero-order valence-corrected chi connectivity index (χ0v) is 12.1. The fraction of sp³-hybridized carbons (Fsp3) is 0.231. The molecule has 0 atom stereocenters. The predicted octanol–water partition coefficient (Wildman–Crippen LogP) is 3.79. The van der Waals surface area contributed by atoms with Crippen molar-refractivity contribution in [2.75, 3.05) is 5.73 Å². The van der Waals surface area contributed by atoms with Crippen LogP contribution in [0.1, 0.15) is 17.0 Å². The third-order valence-corrected chi connectivity index (χ3v) is 4.25. The Kier molecular flexibility index (Phi) is 3.78. The van der Waals surface area contributed by atoms with Crippen molar-refractivity contribution >= 4 is 29.1 Å². The molecule has 1 aromatic carbocycles. The summed E-state index contributed by atoms with van der Waals surface area (Å²) in [5, 5.41) is 1.30. The number of rotatable bonds is 2. The van der Waals surface area contributed by atoms with Gasteiger partial charge in [-0.2, -0.15) is 0 Å². The van der Waals surface area contributed by atoms with E-state index >= 15 is 0 Å². The van der Waals surface area contributed by atoms with Gasteiger partial charge in [-0.1, -0.05) is 17.7 Å². The Bertz CT molecular complexity index is 556. The lowest BCUT2D eigenvalue weighted by molar-refractivity contribution is 0.881. The molecule has 0 saturated heterocycles. The highest BCUT2D eigenvalue weighted by Crippen LogP contribution is 2.36. The van der Waals surface area contributed by atoms with E-state index in [0.717, 1.165) is 21.8 Å². The minimum Gasteiger partial charge on any atom is -0.398 e. The number of nitrogen functional groups attached to an aromatic ring is 1. The molecule has 18 heavy (non-hydrogen) atoms. The molecule has 5 heteroatoms. The van der Waals surface area contributed by atoms with Crippen molar-refractivity contribution in [3.05, 3.63) is 40.2 Å². The van der Waals surface area contributed by atoms with Gasteiger partial charge in [0, 0.05) is 17.1 Å². The molecule has 0 fully saturated rings.